The fourth-order valence-electron chi connectivity index (χ4n) is 3.90. The molecule has 0 bridgehead atoms. The summed E-state index contributed by atoms with van der Waals surface area (Å²) in [6.45, 7) is 0. The number of nitrogens with one attached hydrogen (secondary N) is 1. The first-order valence-electron chi connectivity index (χ1n) is 7.22. The quantitative estimate of drug-likeness (QED) is 0.735. The lowest BCUT2D eigenvalue weighted by molar-refractivity contribution is -0.126. The Labute approximate surface area is 136 Å². The number of hydrogen-bond donors (Lipinski definition) is 2. The lowest BCUT2D eigenvalue weighted by Gasteiger charge is -2.48. The Morgan fingerprint density at radius 2 is 2.33 bits per heavy atom. The molecule has 1 saturated heterocycles. The number of nitrogens with two attached hydrogens (primary N) is 1. The number of thioether (sulfide) groups is 1. The van der Waals surface area contributed by atoms with Gasteiger partial charge in [0.2, 0.25) is 0 Å². The van der Waals surface area contributed by atoms with Crippen molar-refractivity contribution < 1.29 is 9.53 Å². The van der Waals surface area contributed by atoms with Crippen molar-refractivity contribution in [3.8, 4) is 5.75 Å². The fourth-order valence-corrected chi connectivity index (χ4v) is 5.45. The van der Waals surface area contributed by atoms with Gasteiger partial charge in [-0.2, -0.15) is 0 Å². The lowest BCUT2D eigenvalue weighted by Crippen LogP contribution is -2.58. The molecule has 1 saturated carbocycles. The van der Waals surface area contributed by atoms with Gasteiger partial charge in [0.1, 0.15) is 23.1 Å². The minimum Gasteiger partial charge on any atom is -0.489 e. The first-order chi connectivity index (χ1) is 10.1. The summed E-state index contributed by atoms with van der Waals surface area (Å²) in [5.41, 5.74) is 7.06. The first kappa shape index (κ1) is 14.1. The van der Waals surface area contributed by atoms with Gasteiger partial charge in [0, 0.05) is 34.5 Å². The number of carbonyl (C=O) groups excluding carboxylic acids is 1. The van der Waals surface area contributed by atoms with Crippen LogP contribution >= 0.6 is 27.7 Å². The van der Waals surface area contributed by atoms with E-state index in [1.54, 1.807) is 11.8 Å². The highest BCUT2D eigenvalue weighted by Gasteiger charge is 2.54. The van der Waals surface area contributed by atoms with Crippen LogP contribution in [0, 0.1) is 5.92 Å². The molecular formula is C15H17BrN2O2S. The van der Waals surface area contributed by atoms with E-state index >= 15 is 0 Å². The summed E-state index contributed by atoms with van der Waals surface area (Å²) in [6.07, 6.45) is 2.01. The van der Waals surface area contributed by atoms with E-state index in [9.17, 15) is 4.79 Å². The summed E-state index contributed by atoms with van der Waals surface area (Å²) < 4.78 is 7.19. The smallest absolute Gasteiger partial charge is 0.136 e. The van der Waals surface area contributed by atoms with Crippen LogP contribution in [0.2, 0.25) is 0 Å². The number of carbonyl (C=O) groups is 1. The van der Waals surface area contributed by atoms with E-state index in [2.05, 4.69) is 27.3 Å². The van der Waals surface area contributed by atoms with Crippen molar-refractivity contribution in [1.29, 1.82) is 0 Å². The lowest BCUT2D eigenvalue weighted by atomic mass is 9.68. The number of ketones is 1. The Morgan fingerprint density at radius 3 is 3.10 bits per heavy atom. The van der Waals surface area contributed by atoms with Crippen molar-refractivity contribution >= 4 is 33.5 Å². The second-order valence-corrected chi connectivity index (χ2v) is 8.08. The van der Waals surface area contributed by atoms with Crippen molar-refractivity contribution in [1.82, 2.24) is 5.32 Å². The maximum Gasteiger partial charge on any atom is 0.136 e. The first-order valence-corrected chi connectivity index (χ1v) is 9.06. The number of benzene rings is 1. The monoisotopic (exact) mass is 368 g/mol. The van der Waals surface area contributed by atoms with Crippen molar-refractivity contribution in [2.45, 2.75) is 36.4 Å². The maximum atomic E-state index is 11.8. The number of hydrogen-bond acceptors (Lipinski definition) is 5. The van der Waals surface area contributed by atoms with E-state index in [0.717, 1.165) is 22.4 Å². The summed E-state index contributed by atoms with van der Waals surface area (Å²) in [7, 11) is 0. The molecule has 1 aliphatic carbocycles. The summed E-state index contributed by atoms with van der Waals surface area (Å²) in [5, 5.41) is 3.60. The summed E-state index contributed by atoms with van der Waals surface area (Å²) in [4.78, 5) is 11.8. The Kier molecular flexibility index (Phi) is 3.33. The van der Waals surface area contributed by atoms with Crippen LogP contribution in [0.3, 0.4) is 0 Å². The Morgan fingerprint density at radius 1 is 1.48 bits per heavy atom. The molecule has 0 aromatic heterocycles. The molecule has 3 aliphatic rings. The van der Waals surface area contributed by atoms with Crippen LogP contribution in [0.25, 0.3) is 0 Å². The van der Waals surface area contributed by atoms with Gasteiger partial charge >= 0.3 is 0 Å². The van der Waals surface area contributed by atoms with E-state index in [1.165, 1.54) is 5.56 Å². The highest BCUT2D eigenvalue weighted by Crippen LogP contribution is 2.52. The molecule has 2 heterocycles. The van der Waals surface area contributed by atoms with Crippen LogP contribution in [0.4, 0.5) is 0 Å². The van der Waals surface area contributed by atoms with E-state index in [0.29, 0.717) is 24.5 Å². The predicted molar refractivity (Wildman–Crippen MR) is 86.2 cm³/mol. The Balaban J connectivity index is 1.85. The van der Waals surface area contributed by atoms with Gasteiger partial charge in [-0.1, -0.05) is 15.9 Å². The normalized spacial score (nSPS) is 38.0. The molecule has 0 radical (unpaired) electrons. The van der Waals surface area contributed by atoms with Crippen molar-refractivity contribution in [2.24, 2.45) is 11.7 Å². The Bertz CT molecular complexity index is 611. The zero-order valence-electron chi connectivity index (χ0n) is 11.5. The molecule has 112 valence electrons. The molecule has 1 aromatic carbocycles. The third kappa shape index (κ3) is 2.15. The average molecular weight is 369 g/mol. The third-order valence-electron chi connectivity index (χ3n) is 4.84. The maximum absolute atomic E-state index is 11.8. The van der Waals surface area contributed by atoms with Crippen LogP contribution in [-0.4, -0.2) is 23.1 Å². The highest BCUT2D eigenvalue weighted by molar-refractivity contribution is 9.10. The van der Waals surface area contributed by atoms with Gasteiger partial charge in [-0.05, 0) is 24.6 Å². The summed E-state index contributed by atoms with van der Waals surface area (Å²) in [6, 6.07) is 6.11. The summed E-state index contributed by atoms with van der Waals surface area (Å²) in [5.74, 6) is 2.42. The summed E-state index contributed by atoms with van der Waals surface area (Å²) >= 11 is 5.30. The highest BCUT2D eigenvalue weighted by atomic mass is 79.9. The van der Waals surface area contributed by atoms with Gasteiger partial charge in [-0.25, -0.2) is 0 Å². The largest absolute Gasteiger partial charge is 0.489 e. The number of fused-ring (bicyclic) bond motifs is 4. The average Bonchev–Trinajstić information content (AvgIpc) is 2.83. The number of rotatable bonds is 0. The molecule has 3 N–H and O–H groups in total. The molecule has 4 atom stereocenters. The van der Waals surface area contributed by atoms with Gasteiger partial charge in [0.05, 0.1) is 5.54 Å². The van der Waals surface area contributed by atoms with Crippen LogP contribution < -0.4 is 15.8 Å². The van der Waals surface area contributed by atoms with Gasteiger partial charge in [0.15, 0.2) is 0 Å². The van der Waals surface area contributed by atoms with Crippen molar-refractivity contribution in [3.63, 3.8) is 0 Å². The molecule has 21 heavy (non-hydrogen) atoms. The Hall–Kier alpha value is -0.560. The minimum absolute atomic E-state index is 0.0293. The second kappa shape index (κ2) is 4.98. The predicted octanol–water partition coefficient (Wildman–Crippen LogP) is 2.35. The molecule has 2 unspecified atom stereocenters. The molecule has 4 nitrogen and oxygen atoms in total. The van der Waals surface area contributed by atoms with Crippen molar-refractivity contribution in [3.05, 3.63) is 28.2 Å². The van der Waals surface area contributed by atoms with Gasteiger partial charge in [-0.15, -0.1) is 11.8 Å². The fraction of sp³-hybridized carbons (Fsp3) is 0.533. The number of Topliss-reactive ketones (excluding diaryl/α,β-unsaturated/α-hetero) is 1. The van der Waals surface area contributed by atoms with Crippen LogP contribution in [0.1, 0.15) is 24.8 Å². The molecule has 1 spiro atoms. The van der Waals surface area contributed by atoms with Crippen molar-refractivity contribution in [2.75, 3.05) is 5.75 Å². The molecule has 1 aromatic rings. The number of ether oxygens (including phenoxy) is 1. The molecule has 2 fully saturated rings. The molecule has 2 aliphatic heterocycles. The molecule has 6 heteroatoms. The van der Waals surface area contributed by atoms with E-state index in [1.807, 2.05) is 12.1 Å². The van der Waals surface area contributed by atoms with E-state index in [-0.39, 0.29) is 17.1 Å². The third-order valence-corrected chi connectivity index (χ3v) is 6.43. The van der Waals surface area contributed by atoms with Gasteiger partial charge in [0.25, 0.3) is 0 Å². The van der Waals surface area contributed by atoms with E-state index in [4.69, 9.17) is 10.5 Å². The zero-order chi connectivity index (χ0) is 14.6. The topological polar surface area (TPSA) is 64.3 Å². The standard InChI is InChI=1S/C15H17BrN2O2S/c16-8-1-4-12-11(5-8)15(7-21-14(17)18-15)10-3-2-9(19)6-13(10)20-12/h1,4-5,10,13-14,18H,2-3,6-7,17H2/t10-,13-,14?,15?/m0/s1. The van der Waals surface area contributed by atoms with E-state index < -0.39 is 0 Å². The second-order valence-electron chi connectivity index (χ2n) is 6.03. The number of halogens is 1. The molecular weight excluding hydrogens is 352 g/mol. The SMILES string of the molecule is NC1NC2(CS1)c1cc(Br)ccc1O[C@H]1CC(=O)CC[C@@H]12. The minimum atomic E-state index is -0.174. The molecule has 0 amide bonds. The zero-order valence-corrected chi connectivity index (χ0v) is 13.9. The van der Waals surface area contributed by atoms with Gasteiger partial charge < -0.3 is 10.5 Å². The van der Waals surface area contributed by atoms with Crippen LogP contribution in [-0.2, 0) is 10.3 Å². The van der Waals surface area contributed by atoms with Gasteiger partial charge in [-0.3, -0.25) is 10.1 Å². The molecule has 4 rings (SSSR count). The van der Waals surface area contributed by atoms with Crippen LogP contribution in [0.5, 0.6) is 5.75 Å². The van der Waals surface area contributed by atoms with Crippen LogP contribution in [0.15, 0.2) is 22.7 Å².